The molecule has 3 N–H and O–H groups in total. The lowest BCUT2D eigenvalue weighted by Crippen LogP contribution is -2.36. The fourth-order valence-corrected chi connectivity index (χ4v) is 3.23. The molecule has 0 radical (unpaired) electrons. The van der Waals surface area contributed by atoms with E-state index in [1.54, 1.807) is 32.2 Å². The first-order valence-electron chi connectivity index (χ1n) is 9.92. The number of amides is 2. The van der Waals surface area contributed by atoms with E-state index in [0.717, 1.165) is 37.7 Å². The van der Waals surface area contributed by atoms with Crippen molar-refractivity contribution in [3.63, 3.8) is 0 Å². The molecule has 0 aromatic heterocycles. The van der Waals surface area contributed by atoms with Crippen LogP contribution in [0.1, 0.15) is 13.8 Å². The van der Waals surface area contributed by atoms with Gasteiger partial charge in [-0.3, -0.25) is 9.59 Å². The average Bonchev–Trinajstić information content (AvgIpc) is 2.74. The van der Waals surface area contributed by atoms with E-state index >= 15 is 0 Å². The SMILES string of the molecule is COc1ccc(NC(C)=O)cc1N[C@H](C)C(=O)Nc1ccc(N2CCOCC2)cc1. The van der Waals surface area contributed by atoms with E-state index in [4.69, 9.17) is 9.47 Å². The van der Waals surface area contributed by atoms with E-state index in [1.165, 1.54) is 6.92 Å². The second-order valence-electron chi connectivity index (χ2n) is 7.10. The van der Waals surface area contributed by atoms with Crippen LogP contribution in [0.2, 0.25) is 0 Å². The van der Waals surface area contributed by atoms with Crippen LogP contribution in [0.15, 0.2) is 42.5 Å². The van der Waals surface area contributed by atoms with Crippen LogP contribution in [-0.4, -0.2) is 51.3 Å². The molecule has 0 spiro atoms. The Kier molecular flexibility index (Phi) is 7.13. The van der Waals surface area contributed by atoms with Gasteiger partial charge in [-0.15, -0.1) is 0 Å². The fraction of sp³-hybridized carbons (Fsp3) is 0.364. The van der Waals surface area contributed by atoms with Crippen molar-refractivity contribution in [3.05, 3.63) is 42.5 Å². The number of morpholine rings is 1. The minimum Gasteiger partial charge on any atom is -0.495 e. The maximum absolute atomic E-state index is 12.7. The molecule has 2 aromatic carbocycles. The van der Waals surface area contributed by atoms with Crippen LogP contribution in [0.3, 0.4) is 0 Å². The number of benzene rings is 2. The van der Waals surface area contributed by atoms with Crippen molar-refractivity contribution in [2.45, 2.75) is 19.9 Å². The molecule has 1 aliphatic rings. The Morgan fingerprint density at radius 1 is 1.03 bits per heavy atom. The van der Waals surface area contributed by atoms with Gasteiger partial charge >= 0.3 is 0 Å². The summed E-state index contributed by atoms with van der Waals surface area (Å²) in [6.45, 7) is 6.40. The van der Waals surface area contributed by atoms with Crippen molar-refractivity contribution in [2.24, 2.45) is 0 Å². The highest BCUT2D eigenvalue weighted by molar-refractivity contribution is 5.97. The third-order valence-electron chi connectivity index (χ3n) is 4.80. The molecule has 8 nitrogen and oxygen atoms in total. The molecule has 160 valence electrons. The summed E-state index contributed by atoms with van der Waals surface area (Å²) in [5.41, 5.74) is 3.08. The zero-order valence-corrected chi connectivity index (χ0v) is 17.5. The molecule has 1 atom stereocenters. The number of anilines is 4. The third-order valence-corrected chi connectivity index (χ3v) is 4.80. The van der Waals surface area contributed by atoms with Crippen LogP contribution in [0, 0.1) is 0 Å². The maximum atomic E-state index is 12.7. The van der Waals surface area contributed by atoms with Crippen molar-refractivity contribution < 1.29 is 19.1 Å². The number of hydrogen-bond donors (Lipinski definition) is 3. The summed E-state index contributed by atoms with van der Waals surface area (Å²) < 4.78 is 10.7. The molecule has 8 heteroatoms. The smallest absolute Gasteiger partial charge is 0.246 e. The molecule has 1 aliphatic heterocycles. The molecule has 0 aliphatic carbocycles. The van der Waals surface area contributed by atoms with E-state index in [0.29, 0.717) is 17.1 Å². The first-order valence-corrected chi connectivity index (χ1v) is 9.92. The van der Waals surface area contributed by atoms with Crippen LogP contribution in [-0.2, 0) is 14.3 Å². The number of methoxy groups -OCH3 is 1. The Bertz CT molecular complexity index is 879. The lowest BCUT2D eigenvalue weighted by atomic mass is 10.2. The van der Waals surface area contributed by atoms with Crippen molar-refractivity contribution in [1.29, 1.82) is 0 Å². The Morgan fingerprint density at radius 3 is 2.33 bits per heavy atom. The minimum absolute atomic E-state index is 0.169. The quantitative estimate of drug-likeness (QED) is 0.648. The normalized spacial score (nSPS) is 14.6. The molecular formula is C22H28N4O4. The van der Waals surface area contributed by atoms with Crippen LogP contribution in [0.25, 0.3) is 0 Å². The Labute approximate surface area is 176 Å². The zero-order chi connectivity index (χ0) is 21.5. The summed E-state index contributed by atoms with van der Waals surface area (Å²) in [6.07, 6.45) is 0. The van der Waals surface area contributed by atoms with E-state index in [2.05, 4.69) is 20.9 Å². The Balaban J connectivity index is 1.62. The number of hydrogen-bond acceptors (Lipinski definition) is 6. The van der Waals surface area contributed by atoms with Gasteiger partial charge in [-0.25, -0.2) is 0 Å². The predicted octanol–water partition coefficient (Wildman–Crippen LogP) is 2.93. The summed E-state index contributed by atoms with van der Waals surface area (Å²) in [4.78, 5) is 26.2. The lowest BCUT2D eigenvalue weighted by molar-refractivity contribution is -0.116. The summed E-state index contributed by atoms with van der Waals surface area (Å²) in [5.74, 6) is 0.233. The van der Waals surface area contributed by atoms with Crippen LogP contribution < -0.4 is 25.6 Å². The van der Waals surface area contributed by atoms with Crippen LogP contribution in [0.4, 0.5) is 22.7 Å². The fourth-order valence-electron chi connectivity index (χ4n) is 3.23. The van der Waals surface area contributed by atoms with Gasteiger partial charge in [0.25, 0.3) is 0 Å². The largest absolute Gasteiger partial charge is 0.495 e. The summed E-state index contributed by atoms with van der Waals surface area (Å²) in [6, 6.07) is 12.5. The second-order valence-corrected chi connectivity index (χ2v) is 7.10. The number of nitrogens with one attached hydrogen (secondary N) is 3. The predicted molar refractivity (Wildman–Crippen MR) is 118 cm³/mol. The van der Waals surface area contributed by atoms with Gasteiger partial charge in [-0.2, -0.15) is 0 Å². The Morgan fingerprint density at radius 2 is 1.70 bits per heavy atom. The van der Waals surface area contributed by atoms with Crippen LogP contribution in [0.5, 0.6) is 5.75 Å². The molecule has 0 saturated carbocycles. The molecule has 0 unspecified atom stereocenters. The number of rotatable bonds is 7. The van der Waals surface area contributed by atoms with E-state index in [1.807, 2.05) is 24.3 Å². The molecule has 30 heavy (non-hydrogen) atoms. The molecular weight excluding hydrogens is 384 g/mol. The van der Waals surface area contributed by atoms with Crippen molar-refractivity contribution in [3.8, 4) is 5.75 Å². The number of carbonyl (C=O) groups excluding carboxylic acids is 2. The maximum Gasteiger partial charge on any atom is 0.246 e. The highest BCUT2D eigenvalue weighted by Gasteiger charge is 2.16. The zero-order valence-electron chi connectivity index (χ0n) is 17.5. The highest BCUT2D eigenvalue weighted by atomic mass is 16.5. The van der Waals surface area contributed by atoms with Gasteiger partial charge in [0.05, 0.1) is 26.0 Å². The molecule has 0 bridgehead atoms. The van der Waals surface area contributed by atoms with Gasteiger partial charge in [0.2, 0.25) is 11.8 Å². The molecule has 1 saturated heterocycles. The second kappa shape index (κ2) is 9.98. The minimum atomic E-state index is -0.523. The molecule has 1 heterocycles. The van der Waals surface area contributed by atoms with Crippen LogP contribution >= 0.6 is 0 Å². The molecule has 3 rings (SSSR count). The average molecular weight is 412 g/mol. The molecule has 2 aromatic rings. The van der Waals surface area contributed by atoms with E-state index in [-0.39, 0.29) is 11.8 Å². The third kappa shape index (κ3) is 5.64. The summed E-state index contributed by atoms with van der Waals surface area (Å²) in [7, 11) is 1.55. The van der Waals surface area contributed by atoms with Gasteiger partial charge in [0.15, 0.2) is 0 Å². The topological polar surface area (TPSA) is 91.9 Å². The highest BCUT2D eigenvalue weighted by Crippen LogP contribution is 2.28. The number of nitrogens with zero attached hydrogens (tertiary/aromatic N) is 1. The first kappa shape index (κ1) is 21.4. The van der Waals surface area contributed by atoms with Gasteiger partial charge in [-0.1, -0.05) is 0 Å². The van der Waals surface area contributed by atoms with E-state index < -0.39 is 6.04 Å². The van der Waals surface area contributed by atoms with Crippen molar-refractivity contribution in [1.82, 2.24) is 0 Å². The first-order chi connectivity index (χ1) is 14.5. The van der Waals surface area contributed by atoms with Gasteiger partial charge < -0.3 is 30.3 Å². The lowest BCUT2D eigenvalue weighted by Gasteiger charge is -2.29. The number of carbonyl (C=O) groups is 2. The summed E-state index contributed by atoms with van der Waals surface area (Å²) >= 11 is 0. The van der Waals surface area contributed by atoms with Gasteiger partial charge in [0.1, 0.15) is 11.8 Å². The molecule has 1 fully saturated rings. The van der Waals surface area contributed by atoms with Gasteiger partial charge in [-0.05, 0) is 49.4 Å². The van der Waals surface area contributed by atoms with Crippen molar-refractivity contribution in [2.75, 3.05) is 54.3 Å². The number of ether oxygens (including phenoxy) is 2. The Hall–Kier alpha value is -3.26. The summed E-state index contributed by atoms with van der Waals surface area (Å²) in [5, 5.41) is 8.79. The monoisotopic (exact) mass is 412 g/mol. The standard InChI is InChI=1S/C22H28N4O4/c1-15(23-20-14-18(24-16(2)27)6-9-21(20)29-3)22(28)25-17-4-7-19(8-5-17)26-10-12-30-13-11-26/h4-9,14-15,23H,10-13H2,1-3H3,(H,24,27)(H,25,28)/t15-/m1/s1. The molecule has 2 amide bonds. The van der Waals surface area contributed by atoms with Crippen molar-refractivity contribution >= 4 is 34.6 Å². The van der Waals surface area contributed by atoms with Gasteiger partial charge in [0, 0.05) is 37.1 Å². The van der Waals surface area contributed by atoms with E-state index in [9.17, 15) is 9.59 Å².